The number of benzene rings is 1. The Morgan fingerprint density at radius 2 is 2.14 bits per heavy atom. The lowest BCUT2D eigenvalue weighted by Crippen LogP contribution is -2.47. The van der Waals surface area contributed by atoms with Crippen molar-refractivity contribution in [2.45, 2.75) is 64.2 Å². The zero-order valence-corrected chi connectivity index (χ0v) is 20.5. The molecule has 3 heterocycles. The number of carbonyl (C=O) groups excluding carboxylic acids is 1. The third-order valence-corrected chi connectivity index (χ3v) is 7.36. The number of allylic oxidation sites excluding steroid dienone is 3. The number of fused-ring (bicyclic) bond motifs is 2. The Morgan fingerprint density at radius 3 is 2.83 bits per heavy atom. The van der Waals surface area contributed by atoms with Crippen LogP contribution >= 0.6 is 0 Å². The molecule has 1 aromatic carbocycles. The van der Waals surface area contributed by atoms with Crippen molar-refractivity contribution >= 4 is 11.5 Å². The van der Waals surface area contributed by atoms with Gasteiger partial charge < -0.3 is 28.6 Å². The van der Waals surface area contributed by atoms with Gasteiger partial charge in [-0.2, -0.15) is 0 Å². The molecule has 1 aromatic heterocycles. The highest BCUT2D eigenvalue weighted by Gasteiger charge is 2.46. The Bertz CT molecular complexity index is 1160. The van der Waals surface area contributed by atoms with Crippen LogP contribution in [-0.4, -0.2) is 46.0 Å². The van der Waals surface area contributed by atoms with E-state index >= 15 is 0 Å². The van der Waals surface area contributed by atoms with Crippen LogP contribution in [0.2, 0.25) is 0 Å². The molecule has 8 heteroatoms. The van der Waals surface area contributed by atoms with E-state index in [-0.39, 0.29) is 24.4 Å². The fraction of sp³-hybridized carbons (Fsp3) is 0.481. The normalized spacial score (nSPS) is 22.0. The maximum Gasteiger partial charge on any atom is 0.374 e. The molecule has 1 fully saturated rings. The fourth-order valence-corrected chi connectivity index (χ4v) is 5.43. The molecule has 1 aliphatic carbocycles. The maximum absolute atomic E-state index is 12.6. The molecule has 0 saturated heterocycles. The molecule has 2 atom stereocenters. The van der Waals surface area contributed by atoms with Gasteiger partial charge in [-0.15, -0.1) is 0 Å². The molecule has 186 valence electrons. The first kappa shape index (κ1) is 23.5. The summed E-state index contributed by atoms with van der Waals surface area (Å²) < 4.78 is 25.3. The topological polar surface area (TPSA) is 92.0 Å². The minimum atomic E-state index is -0.948. The number of rotatable bonds is 7. The standard InChI is InChI=1S/C27H32N2O6/c1-4-33-26(30)22-13-17(9-11-29-12-10-28-16-29)24-21(34-22)15-20-19(25(24)32-3)14-23(35-20)27(2,31)18-7-5-6-8-18/h9-10,12-13,15-16,18,23,31H,4-8,11,14H2,1-3H3. The van der Waals surface area contributed by atoms with Gasteiger partial charge in [0.25, 0.3) is 0 Å². The fourth-order valence-electron chi connectivity index (χ4n) is 5.43. The average molecular weight is 481 g/mol. The van der Waals surface area contributed by atoms with Crippen molar-refractivity contribution in [2.24, 2.45) is 5.92 Å². The smallest absolute Gasteiger partial charge is 0.374 e. The minimum Gasteiger partial charge on any atom is -0.496 e. The molecule has 8 nitrogen and oxygen atoms in total. The Balaban J connectivity index is 1.54. The lowest BCUT2D eigenvalue weighted by atomic mass is 9.81. The highest BCUT2D eigenvalue weighted by atomic mass is 16.6. The van der Waals surface area contributed by atoms with Crippen molar-refractivity contribution in [2.75, 3.05) is 13.7 Å². The molecule has 0 bridgehead atoms. The number of imidazole rings is 1. The van der Waals surface area contributed by atoms with E-state index < -0.39 is 11.6 Å². The van der Waals surface area contributed by atoms with Gasteiger partial charge in [0.05, 0.1) is 25.6 Å². The van der Waals surface area contributed by atoms with Gasteiger partial charge in [0.1, 0.15) is 29.0 Å². The van der Waals surface area contributed by atoms with Crippen LogP contribution in [-0.2, 0) is 22.5 Å². The quantitative estimate of drug-likeness (QED) is 0.598. The molecule has 2 aliphatic heterocycles. The van der Waals surface area contributed by atoms with Gasteiger partial charge in [0, 0.05) is 37.0 Å². The van der Waals surface area contributed by atoms with E-state index in [1.807, 2.05) is 23.8 Å². The number of aliphatic hydroxyl groups is 1. The van der Waals surface area contributed by atoms with Crippen molar-refractivity contribution in [3.05, 3.63) is 53.8 Å². The van der Waals surface area contributed by atoms with Gasteiger partial charge in [-0.3, -0.25) is 0 Å². The number of hydrogen-bond acceptors (Lipinski definition) is 7. The Labute approximate surface area is 205 Å². The third kappa shape index (κ3) is 4.31. The first-order valence-corrected chi connectivity index (χ1v) is 12.3. The van der Waals surface area contributed by atoms with E-state index in [4.69, 9.17) is 18.9 Å². The summed E-state index contributed by atoms with van der Waals surface area (Å²) in [6.45, 7) is 4.44. The number of methoxy groups -OCH3 is 1. The van der Waals surface area contributed by atoms with Crippen LogP contribution in [0.5, 0.6) is 17.2 Å². The lowest BCUT2D eigenvalue weighted by Gasteiger charge is -2.35. The summed E-state index contributed by atoms with van der Waals surface area (Å²) in [6, 6.07) is 1.80. The summed E-state index contributed by atoms with van der Waals surface area (Å²) >= 11 is 0. The first-order valence-electron chi connectivity index (χ1n) is 12.3. The predicted molar refractivity (Wildman–Crippen MR) is 129 cm³/mol. The number of hydrogen-bond donors (Lipinski definition) is 1. The van der Waals surface area contributed by atoms with Crippen molar-refractivity contribution in [1.29, 1.82) is 0 Å². The van der Waals surface area contributed by atoms with Crippen LogP contribution in [0.4, 0.5) is 0 Å². The molecule has 0 amide bonds. The molecular formula is C27H32N2O6. The van der Waals surface area contributed by atoms with Gasteiger partial charge in [-0.05, 0) is 44.3 Å². The summed E-state index contributed by atoms with van der Waals surface area (Å²) in [7, 11) is 1.62. The molecule has 2 aromatic rings. The van der Waals surface area contributed by atoms with Crippen LogP contribution in [0.25, 0.3) is 5.57 Å². The highest BCUT2D eigenvalue weighted by molar-refractivity contribution is 5.95. The second-order valence-electron chi connectivity index (χ2n) is 9.53. The van der Waals surface area contributed by atoms with Crippen LogP contribution < -0.4 is 14.2 Å². The van der Waals surface area contributed by atoms with E-state index in [2.05, 4.69) is 4.98 Å². The number of esters is 1. The van der Waals surface area contributed by atoms with Crippen molar-refractivity contribution in [3.8, 4) is 17.2 Å². The third-order valence-electron chi connectivity index (χ3n) is 7.36. The number of ether oxygens (including phenoxy) is 4. The van der Waals surface area contributed by atoms with E-state index in [1.165, 1.54) is 0 Å². The van der Waals surface area contributed by atoms with Crippen LogP contribution in [0.1, 0.15) is 50.7 Å². The summed E-state index contributed by atoms with van der Waals surface area (Å²) in [4.78, 5) is 16.6. The molecule has 3 aliphatic rings. The highest BCUT2D eigenvalue weighted by Crippen LogP contribution is 2.51. The first-order chi connectivity index (χ1) is 16.9. The van der Waals surface area contributed by atoms with Crippen molar-refractivity contribution < 1.29 is 28.8 Å². The van der Waals surface area contributed by atoms with Gasteiger partial charge in [0.2, 0.25) is 5.76 Å². The number of nitrogens with zero attached hydrogens (tertiary/aromatic N) is 2. The van der Waals surface area contributed by atoms with E-state index in [0.717, 1.165) is 42.4 Å². The van der Waals surface area contributed by atoms with Crippen LogP contribution in [0.3, 0.4) is 0 Å². The summed E-state index contributed by atoms with van der Waals surface area (Å²) in [5.41, 5.74) is 1.49. The Hall–Kier alpha value is -3.26. The summed E-state index contributed by atoms with van der Waals surface area (Å²) in [5.74, 6) is 1.49. The van der Waals surface area contributed by atoms with Crippen LogP contribution in [0.15, 0.2) is 42.7 Å². The molecule has 35 heavy (non-hydrogen) atoms. The number of aromatic nitrogens is 2. The number of carbonyl (C=O) groups is 1. The largest absolute Gasteiger partial charge is 0.496 e. The van der Waals surface area contributed by atoms with Gasteiger partial charge >= 0.3 is 5.97 Å². The molecular weight excluding hydrogens is 448 g/mol. The van der Waals surface area contributed by atoms with E-state index in [9.17, 15) is 9.90 Å². The maximum atomic E-state index is 12.6. The summed E-state index contributed by atoms with van der Waals surface area (Å²) in [5, 5.41) is 11.4. The zero-order valence-electron chi connectivity index (χ0n) is 20.5. The Kier molecular flexibility index (Phi) is 6.32. The van der Waals surface area contributed by atoms with Crippen LogP contribution in [0, 0.1) is 5.92 Å². The van der Waals surface area contributed by atoms with E-state index in [0.29, 0.717) is 30.2 Å². The molecule has 2 unspecified atom stereocenters. The second kappa shape index (κ2) is 9.41. The minimum absolute atomic E-state index is 0.103. The molecule has 0 radical (unpaired) electrons. The Morgan fingerprint density at radius 1 is 1.34 bits per heavy atom. The molecule has 5 rings (SSSR count). The monoisotopic (exact) mass is 480 g/mol. The van der Waals surface area contributed by atoms with Crippen molar-refractivity contribution in [1.82, 2.24) is 9.55 Å². The lowest BCUT2D eigenvalue weighted by molar-refractivity contribution is -0.141. The second-order valence-corrected chi connectivity index (χ2v) is 9.53. The zero-order chi connectivity index (χ0) is 24.6. The van der Waals surface area contributed by atoms with Gasteiger partial charge in [-0.1, -0.05) is 18.9 Å². The molecule has 1 saturated carbocycles. The van der Waals surface area contributed by atoms with E-state index in [1.54, 1.807) is 38.7 Å². The average Bonchev–Trinajstić information content (AvgIpc) is 3.62. The van der Waals surface area contributed by atoms with Gasteiger partial charge in [-0.25, -0.2) is 9.78 Å². The summed E-state index contributed by atoms with van der Waals surface area (Å²) in [6.07, 6.45) is 13.5. The SMILES string of the molecule is CCOC(=O)C1=CC(=CCn2ccnc2)c2c(cc3c(c2OC)CC(C(C)(O)C2CCCC2)O3)O1. The van der Waals surface area contributed by atoms with Gasteiger partial charge in [0.15, 0.2) is 0 Å². The van der Waals surface area contributed by atoms with Crippen molar-refractivity contribution in [3.63, 3.8) is 0 Å². The predicted octanol–water partition coefficient (Wildman–Crippen LogP) is 4.06. The molecule has 0 spiro atoms. The molecule has 1 N–H and O–H groups in total.